The Hall–Kier alpha value is -3.00. The molecule has 1 aliphatic rings. The lowest BCUT2D eigenvalue weighted by molar-refractivity contribution is 0.204. The van der Waals surface area contributed by atoms with Crippen LogP contribution in [-0.4, -0.2) is 59.0 Å². The van der Waals surface area contributed by atoms with Gasteiger partial charge in [-0.15, -0.1) is 0 Å². The minimum atomic E-state index is -0.631. The minimum absolute atomic E-state index is 0.109. The van der Waals surface area contributed by atoms with Crippen LogP contribution in [0, 0.1) is 6.92 Å². The average Bonchev–Trinajstić information content (AvgIpc) is 2.82. The Morgan fingerprint density at radius 3 is 2.75 bits per heavy atom. The maximum absolute atomic E-state index is 13.1. The second-order valence-corrected chi connectivity index (χ2v) is 7.96. The summed E-state index contributed by atoms with van der Waals surface area (Å²) in [7, 11) is 0. The number of piperidine rings is 1. The van der Waals surface area contributed by atoms with E-state index in [1.54, 1.807) is 37.4 Å². The first-order chi connectivity index (χ1) is 15.7. The van der Waals surface area contributed by atoms with Gasteiger partial charge in [-0.3, -0.25) is 14.3 Å². The van der Waals surface area contributed by atoms with Crippen LogP contribution in [0.5, 0.6) is 11.5 Å². The van der Waals surface area contributed by atoms with Gasteiger partial charge in [-0.05, 0) is 57.5 Å². The summed E-state index contributed by atoms with van der Waals surface area (Å²) in [5.41, 5.74) is 0.833. The van der Waals surface area contributed by atoms with Crippen molar-refractivity contribution in [3.63, 3.8) is 0 Å². The molecule has 4 rings (SSSR count). The van der Waals surface area contributed by atoms with Crippen molar-refractivity contribution in [2.75, 3.05) is 39.5 Å². The quantitative estimate of drug-likeness (QED) is 0.473. The Kier molecular flexibility index (Phi) is 7.32. The number of likely N-dealkylation sites (tertiary alicyclic amines) is 1. The molecule has 0 radical (unpaired) electrons. The molecule has 8 heteroatoms. The van der Waals surface area contributed by atoms with E-state index in [-0.39, 0.29) is 12.2 Å². The molecule has 0 atom stereocenters. The number of benzene rings is 1. The first-order valence-corrected chi connectivity index (χ1v) is 11.2. The topological polar surface area (TPSA) is 69.5 Å². The van der Waals surface area contributed by atoms with Gasteiger partial charge in [0.25, 0.3) is 5.56 Å². The van der Waals surface area contributed by atoms with E-state index in [0.29, 0.717) is 40.5 Å². The van der Waals surface area contributed by atoms with Gasteiger partial charge in [0.2, 0.25) is 0 Å². The summed E-state index contributed by atoms with van der Waals surface area (Å²) in [6.07, 6.45) is 7.91. The van der Waals surface area contributed by atoms with Crippen molar-refractivity contribution in [2.24, 2.45) is 0 Å². The van der Waals surface area contributed by atoms with Crippen LogP contribution < -0.4 is 15.0 Å². The van der Waals surface area contributed by atoms with E-state index < -0.39 is 6.67 Å². The Morgan fingerprint density at radius 1 is 1.09 bits per heavy atom. The summed E-state index contributed by atoms with van der Waals surface area (Å²) < 4.78 is 25.9. The summed E-state index contributed by atoms with van der Waals surface area (Å²) in [5.74, 6) is 1.52. The molecule has 3 aromatic rings. The van der Waals surface area contributed by atoms with Crippen LogP contribution in [0.2, 0.25) is 0 Å². The van der Waals surface area contributed by atoms with E-state index in [4.69, 9.17) is 9.47 Å². The molecule has 0 bridgehead atoms. The lowest BCUT2D eigenvalue weighted by Crippen LogP contribution is -2.31. The van der Waals surface area contributed by atoms with E-state index in [1.807, 2.05) is 0 Å². The highest BCUT2D eigenvalue weighted by atomic mass is 19.1. The standard InChI is InChI=1S/C24H29FN4O3/c1-18-27-21-8-10-26-17-20(21)24(30)29(18)22-7-6-19(16-23(22)32-15-9-25)31-14-5-13-28-11-3-2-4-12-28/h6-8,10,16-17H,2-5,9,11-15H2,1H3. The molecule has 1 fully saturated rings. The highest BCUT2D eigenvalue weighted by molar-refractivity contribution is 5.76. The number of nitrogens with zero attached hydrogens (tertiary/aromatic N) is 4. The van der Waals surface area contributed by atoms with Crippen molar-refractivity contribution >= 4 is 10.9 Å². The van der Waals surface area contributed by atoms with Gasteiger partial charge >= 0.3 is 0 Å². The summed E-state index contributed by atoms with van der Waals surface area (Å²) >= 11 is 0. The molecule has 1 aromatic carbocycles. The number of rotatable bonds is 9. The van der Waals surface area contributed by atoms with Crippen LogP contribution in [-0.2, 0) is 0 Å². The van der Waals surface area contributed by atoms with Crippen LogP contribution in [0.25, 0.3) is 16.6 Å². The molecule has 32 heavy (non-hydrogen) atoms. The van der Waals surface area contributed by atoms with E-state index in [1.165, 1.54) is 43.1 Å². The highest BCUT2D eigenvalue weighted by Crippen LogP contribution is 2.29. The third-order valence-corrected chi connectivity index (χ3v) is 5.68. The fraction of sp³-hybridized carbons (Fsp3) is 0.458. The zero-order chi connectivity index (χ0) is 22.3. The summed E-state index contributed by atoms with van der Waals surface area (Å²) in [5, 5.41) is 0.410. The lowest BCUT2D eigenvalue weighted by atomic mass is 10.1. The van der Waals surface area contributed by atoms with Crippen LogP contribution in [0.1, 0.15) is 31.5 Å². The van der Waals surface area contributed by atoms with Gasteiger partial charge in [0.05, 0.1) is 23.2 Å². The van der Waals surface area contributed by atoms with Crippen molar-refractivity contribution in [1.29, 1.82) is 0 Å². The average molecular weight is 441 g/mol. The SMILES string of the molecule is Cc1nc2ccncc2c(=O)n1-c1ccc(OCCCN2CCCCC2)cc1OCCF. The van der Waals surface area contributed by atoms with Crippen molar-refractivity contribution in [3.05, 3.63) is 52.8 Å². The largest absolute Gasteiger partial charge is 0.493 e. The molecule has 0 amide bonds. The molecule has 1 aliphatic heterocycles. The fourth-order valence-corrected chi connectivity index (χ4v) is 4.12. The molecule has 7 nitrogen and oxygen atoms in total. The summed E-state index contributed by atoms with van der Waals surface area (Å²) in [6.45, 7) is 4.95. The Labute approximate surface area is 186 Å². The summed E-state index contributed by atoms with van der Waals surface area (Å²) in [4.78, 5) is 24.2. The van der Waals surface area contributed by atoms with Gasteiger partial charge in [-0.25, -0.2) is 9.37 Å². The van der Waals surface area contributed by atoms with Crippen molar-refractivity contribution in [3.8, 4) is 17.2 Å². The predicted molar refractivity (Wildman–Crippen MR) is 122 cm³/mol. The van der Waals surface area contributed by atoms with Gasteiger partial charge in [-0.1, -0.05) is 6.42 Å². The molecule has 2 aromatic heterocycles. The van der Waals surface area contributed by atoms with E-state index in [0.717, 1.165) is 13.0 Å². The normalized spacial score (nSPS) is 14.6. The van der Waals surface area contributed by atoms with Crippen LogP contribution in [0.3, 0.4) is 0 Å². The zero-order valence-electron chi connectivity index (χ0n) is 18.4. The number of hydrogen-bond acceptors (Lipinski definition) is 6. The number of aryl methyl sites for hydroxylation is 1. The third kappa shape index (κ3) is 5.07. The van der Waals surface area contributed by atoms with E-state index in [9.17, 15) is 9.18 Å². The first kappa shape index (κ1) is 22.2. The van der Waals surface area contributed by atoms with Crippen molar-refractivity contribution < 1.29 is 13.9 Å². The highest BCUT2D eigenvalue weighted by Gasteiger charge is 2.16. The monoisotopic (exact) mass is 440 g/mol. The number of fused-ring (bicyclic) bond motifs is 1. The van der Waals surface area contributed by atoms with Crippen LogP contribution in [0.4, 0.5) is 4.39 Å². The van der Waals surface area contributed by atoms with Gasteiger partial charge in [0, 0.05) is 25.0 Å². The molecule has 170 valence electrons. The number of pyridine rings is 1. The predicted octanol–water partition coefficient (Wildman–Crippen LogP) is 3.69. The number of ether oxygens (including phenoxy) is 2. The second-order valence-electron chi connectivity index (χ2n) is 7.96. The maximum atomic E-state index is 13.1. The molecular weight excluding hydrogens is 411 g/mol. The maximum Gasteiger partial charge on any atom is 0.267 e. The molecule has 0 unspecified atom stereocenters. The van der Waals surface area contributed by atoms with Gasteiger partial charge in [0.1, 0.15) is 30.6 Å². The summed E-state index contributed by atoms with van der Waals surface area (Å²) in [6, 6.07) is 6.98. The van der Waals surface area contributed by atoms with Gasteiger partial charge < -0.3 is 14.4 Å². The number of halogens is 1. The molecular formula is C24H29FN4O3. The number of alkyl halides is 1. The molecule has 1 saturated heterocycles. The molecule has 3 heterocycles. The minimum Gasteiger partial charge on any atom is -0.493 e. The Bertz CT molecular complexity index is 1110. The van der Waals surface area contributed by atoms with Crippen molar-refractivity contribution in [1.82, 2.24) is 19.4 Å². The van der Waals surface area contributed by atoms with Gasteiger partial charge in [0.15, 0.2) is 0 Å². The Morgan fingerprint density at radius 2 is 1.94 bits per heavy atom. The van der Waals surface area contributed by atoms with Crippen molar-refractivity contribution in [2.45, 2.75) is 32.6 Å². The number of aromatic nitrogens is 3. The molecule has 0 saturated carbocycles. The van der Waals surface area contributed by atoms with Gasteiger partial charge in [-0.2, -0.15) is 0 Å². The molecule has 0 aliphatic carbocycles. The second kappa shape index (κ2) is 10.5. The Balaban J connectivity index is 1.55. The lowest BCUT2D eigenvalue weighted by Gasteiger charge is -2.26. The fourth-order valence-electron chi connectivity index (χ4n) is 4.12. The van der Waals surface area contributed by atoms with E-state index >= 15 is 0 Å². The number of hydrogen-bond donors (Lipinski definition) is 0. The first-order valence-electron chi connectivity index (χ1n) is 11.2. The zero-order valence-corrected chi connectivity index (χ0v) is 18.4. The molecule has 0 N–H and O–H groups in total. The van der Waals surface area contributed by atoms with E-state index in [2.05, 4.69) is 14.9 Å². The molecule has 0 spiro atoms. The van der Waals surface area contributed by atoms with Crippen LogP contribution in [0.15, 0.2) is 41.5 Å². The smallest absolute Gasteiger partial charge is 0.267 e. The van der Waals surface area contributed by atoms with Crippen LogP contribution >= 0.6 is 0 Å². The third-order valence-electron chi connectivity index (χ3n) is 5.68.